The molecule has 3 rings (SSSR count). The topological polar surface area (TPSA) is 63.7 Å². The first-order valence-electron chi connectivity index (χ1n) is 8.85. The Morgan fingerprint density at radius 1 is 1.23 bits per heavy atom. The molecule has 138 valence electrons. The molecule has 1 N–H and O–H groups in total. The summed E-state index contributed by atoms with van der Waals surface area (Å²) in [5.74, 6) is 2.59. The van der Waals surface area contributed by atoms with Crippen molar-refractivity contribution in [2.75, 3.05) is 37.5 Å². The lowest BCUT2D eigenvalue weighted by Gasteiger charge is -2.31. The highest BCUT2D eigenvalue weighted by atomic mass is 16.5. The predicted octanol–water partition coefficient (Wildman–Crippen LogP) is 3.59. The molecule has 6 nitrogen and oxygen atoms in total. The molecule has 1 aliphatic rings. The van der Waals surface area contributed by atoms with E-state index in [1.807, 2.05) is 12.1 Å². The van der Waals surface area contributed by atoms with Crippen LogP contribution in [0, 0.1) is 5.92 Å². The second-order valence-electron chi connectivity index (χ2n) is 6.62. The van der Waals surface area contributed by atoms with E-state index >= 15 is 0 Å². The van der Waals surface area contributed by atoms with Gasteiger partial charge >= 0.3 is 0 Å². The second kappa shape index (κ2) is 8.08. The van der Waals surface area contributed by atoms with Gasteiger partial charge in [-0.3, -0.25) is 4.79 Å². The van der Waals surface area contributed by atoms with Crippen LogP contribution in [0.5, 0.6) is 11.5 Å². The molecule has 1 amide bonds. The van der Waals surface area contributed by atoms with Crippen LogP contribution < -0.4 is 19.7 Å². The van der Waals surface area contributed by atoms with E-state index in [1.54, 1.807) is 38.6 Å². The van der Waals surface area contributed by atoms with Crippen molar-refractivity contribution in [1.29, 1.82) is 0 Å². The first-order valence-corrected chi connectivity index (χ1v) is 8.85. The van der Waals surface area contributed by atoms with Crippen LogP contribution in [0.4, 0.5) is 11.5 Å². The second-order valence-corrected chi connectivity index (χ2v) is 6.62. The van der Waals surface area contributed by atoms with Gasteiger partial charge in [0.1, 0.15) is 17.3 Å². The van der Waals surface area contributed by atoms with Crippen LogP contribution in [0.25, 0.3) is 0 Å². The zero-order chi connectivity index (χ0) is 18.5. The van der Waals surface area contributed by atoms with E-state index in [0.29, 0.717) is 28.7 Å². The summed E-state index contributed by atoms with van der Waals surface area (Å²) in [7, 11) is 3.14. The quantitative estimate of drug-likeness (QED) is 0.888. The maximum Gasteiger partial charge on any atom is 0.257 e. The fourth-order valence-electron chi connectivity index (χ4n) is 3.20. The van der Waals surface area contributed by atoms with Gasteiger partial charge in [0.25, 0.3) is 5.91 Å². The average molecular weight is 355 g/mol. The Kier molecular flexibility index (Phi) is 5.61. The summed E-state index contributed by atoms with van der Waals surface area (Å²) in [6.07, 6.45) is 4.07. The van der Waals surface area contributed by atoms with E-state index in [4.69, 9.17) is 9.47 Å². The van der Waals surface area contributed by atoms with Gasteiger partial charge in [0.05, 0.1) is 25.5 Å². The van der Waals surface area contributed by atoms with Gasteiger partial charge in [-0.05, 0) is 43.0 Å². The number of hydrogen-bond donors (Lipinski definition) is 1. The van der Waals surface area contributed by atoms with Crippen LogP contribution in [0.1, 0.15) is 30.1 Å². The number of pyridine rings is 1. The smallest absolute Gasteiger partial charge is 0.257 e. The molecule has 1 aliphatic heterocycles. The van der Waals surface area contributed by atoms with Crippen LogP contribution >= 0.6 is 0 Å². The third-order valence-electron chi connectivity index (χ3n) is 4.65. The molecule has 0 radical (unpaired) electrons. The lowest BCUT2D eigenvalue weighted by atomic mass is 10.0. The molecular weight excluding hydrogens is 330 g/mol. The van der Waals surface area contributed by atoms with Crippen molar-refractivity contribution < 1.29 is 14.3 Å². The molecular formula is C20H25N3O3. The minimum Gasteiger partial charge on any atom is -0.497 e. The van der Waals surface area contributed by atoms with Gasteiger partial charge in [-0.2, -0.15) is 0 Å². The summed E-state index contributed by atoms with van der Waals surface area (Å²) in [4.78, 5) is 19.3. The summed E-state index contributed by atoms with van der Waals surface area (Å²) in [6.45, 7) is 4.30. The Hall–Kier alpha value is -2.76. The number of carbonyl (C=O) groups is 1. The van der Waals surface area contributed by atoms with Gasteiger partial charge in [0, 0.05) is 25.4 Å². The number of aromatic nitrogens is 1. The molecule has 1 unspecified atom stereocenters. The van der Waals surface area contributed by atoms with E-state index in [0.717, 1.165) is 18.9 Å². The number of ether oxygens (including phenoxy) is 2. The molecule has 0 aliphatic carbocycles. The molecule has 2 aromatic rings. The number of rotatable bonds is 5. The first kappa shape index (κ1) is 18.0. The van der Waals surface area contributed by atoms with Gasteiger partial charge < -0.3 is 19.7 Å². The van der Waals surface area contributed by atoms with Crippen LogP contribution in [0.2, 0.25) is 0 Å². The standard InChI is InChI=1S/C20H25N3O3/c1-14-5-4-10-23(13-14)19-9-6-15(12-21-19)20(24)22-17-8-7-16(25-2)11-18(17)26-3/h6-9,11-12,14H,4-5,10,13H2,1-3H3,(H,22,24). The molecule has 1 aromatic carbocycles. The molecule has 1 aromatic heterocycles. The number of hydrogen-bond acceptors (Lipinski definition) is 5. The minimum atomic E-state index is -0.223. The van der Waals surface area contributed by atoms with Crippen molar-refractivity contribution in [3.05, 3.63) is 42.1 Å². The van der Waals surface area contributed by atoms with Crippen LogP contribution in [0.3, 0.4) is 0 Å². The summed E-state index contributed by atoms with van der Waals surface area (Å²) in [6, 6.07) is 8.99. The van der Waals surface area contributed by atoms with Crippen molar-refractivity contribution >= 4 is 17.4 Å². The SMILES string of the molecule is COc1ccc(NC(=O)c2ccc(N3CCCC(C)C3)nc2)c(OC)c1. The number of carbonyl (C=O) groups excluding carboxylic acids is 1. The maximum atomic E-state index is 12.5. The summed E-state index contributed by atoms with van der Waals surface area (Å²) in [5.41, 5.74) is 1.10. The highest BCUT2D eigenvalue weighted by Gasteiger charge is 2.18. The number of benzene rings is 1. The summed E-state index contributed by atoms with van der Waals surface area (Å²) in [5, 5.41) is 2.86. The molecule has 26 heavy (non-hydrogen) atoms. The molecule has 0 saturated carbocycles. The van der Waals surface area contributed by atoms with Crippen molar-refractivity contribution in [2.24, 2.45) is 5.92 Å². The van der Waals surface area contributed by atoms with E-state index in [2.05, 4.69) is 22.1 Å². The zero-order valence-corrected chi connectivity index (χ0v) is 15.5. The molecule has 1 fully saturated rings. The monoisotopic (exact) mass is 355 g/mol. The minimum absolute atomic E-state index is 0.223. The van der Waals surface area contributed by atoms with E-state index in [-0.39, 0.29) is 5.91 Å². The Morgan fingerprint density at radius 2 is 2.08 bits per heavy atom. The van der Waals surface area contributed by atoms with Crippen molar-refractivity contribution in [2.45, 2.75) is 19.8 Å². The molecule has 2 heterocycles. The molecule has 6 heteroatoms. The third kappa shape index (κ3) is 4.07. The Bertz CT molecular complexity index is 761. The maximum absolute atomic E-state index is 12.5. The van der Waals surface area contributed by atoms with E-state index in [9.17, 15) is 4.79 Å². The normalized spacial score (nSPS) is 16.9. The molecule has 1 atom stereocenters. The fraction of sp³-hybridized carbons (Fsp3) is 0.400. The van der Waals surface area contributed by atoms with Gasteiger partial charge in [0.15, 0.2) is 0 Å². The fourth-order valence-corrected chi connectivity index (χ4v) is 3.20. The molecule has 0 bridgehead atoms. The van der Waals surface area contributed by atoms with Crippen LogP contribution in [-0.4, -0.2) is 38.2 Å². The summed E-state index contributed by atoms with van der Waals surface area (Å²) < 4.78 is 10.5. The van der Waals surface area contributed by atoms with Crippen LogP contribution in [0.15, 0.2) is 36.5 Å². The van der Waals surface area contributed by atoms with Crippen molar-refractivity contribution in [3.63, 3.8) is 0 Å². The summed E-state index contributed by atoms with van der Waals surface area (Å²) >= 11 is 0. The predicted molar refractivity (Wildman–Crippen MR) is 102 cm³/mol. The average Bonchev–Trinajstić information content (AvgIpc) is 2.68. The Balaban J connectivity index is 1.70. The highest BCUT2D eigenvalue weighted by Crippen LogP contribution is 2.29. The number of methoxy groups -OCH3 is 2. The molecule has 0 spiro atoms. The number of amides is 1. The third-order valence-corrected chi connectivity index (χ3v) is 4.65. The lowest BCUT2D eigenvalue weighted by molar-refractivity contribution is 0.102. The van der Waals surface area contributed by atoms with Crippen LogP contribution in [-0.2, 0) is 0 Å². The number of anilines is 2. The van der Waals surface area contributed by atoms with Crippen molar-refractivity contribution in [1.82, 2.24) is 4.98 Å². The van der Waals surface area contributed by atoms with E-state index in [1.165, 1.54) is 12.8 Å². The lowest BCUT2D eigenvalue weighted by Crippen LogP contribution is -2.34. The van der Waals surface area contributed by atoms with E-state index < -0.39 is 0 Å². The van der Waals surface area contributed by atoms with Gasteiger partial charge in [-0.15, -0.1) is 0 Å². The van der Waals surface area contributed by atoms with Gasteiger partial charge in [-0.1, -0.05) is 6.92 Å². The number of nitrogens with zero attached hydrogens (tertiary/aromatic N) is 2. The van der Waals surface area contributed by atoms with Gasteiger partial charge in [0.2, 0.25) is 0 Å². The van der Waals surface area contributed by atoms with Gasteiger partial charge in [-0.25, -0.2) is 4.98 Å². The number of piperidine rings is 1. The zero-order valence-electron chi connectivity index (χ0n) is 15.5. The largest absolute Gasteiger partial charge is 0.497 e. The first-order chi connectivity index (χ1) is 12.6. The number of nitrogens with one attached hydrogen (secondary N) is 1. The Morgan fingerprint density at radius 3 is 2.73 bits per heavy atom. The molecule has 1 saturated heterocycles. The Labute approximate surface area is 154 Å². The van der Waals surface area contributed by atoms with Crippen molar-refractivity contribution in [3.8, 4) is 11.5 Å². The highest BCUT2D eigenvalue weighted by molar-refractivity contribution is 6.05.